The highest BCUT2D eigenvalue weighted by Gasteiger charge is 2.27. The Labute approximate surface area is 79.8 Å². The van der Waals surface area contributed by atoms with Crippen molar-refractivity contribution in [3.8, 4) is 0 Å². The Bertz CT molecular complexity index is 228. The number of allylic oxidation sites excluding steroid dienone is 2. The van der Waals surface area contributed by atoms with Gasteiger partial charge in [0.1, 0.15) is 0 Å². The second-order valence-electron chi connectivity index (χ2n) is 3.68. The van der Waals surface area contributed by atoms with Gasteiger partial charge in [0.2, 0.25) is 0 Å². The van der Waals surface area contributed by atoms with Gasteiger partial charge < -0.3 is 5.11 Å². The Morgan fingerprint density at radius 3 is 2.45 bits per heavy atom. The van der Waals surface area contributed by atoms with Gasteiger partial charge in [-0.3, -0.25) is 4.79 Å². The van der Waals surface area contributed by atoms with Crippen LogP contribution in [0.15, 0.2) is 9.34 Å². The van der Waals surface area contributed by atoms with E-state index in [0.717, 1.165) is 0 Å². The van der Waals surface area contributed by atoms with E-state index in [0.29, 0.717) is 16.4 Å². The Morgan fingerprint density at radius 2 is 2.00 bits per heavy atom. The molecular weight excluding hydrogens is 255 g/mol. The second kappa shape index (κ2) is 2.77. The molecule has 0 fully saturated rings. The molecular formula is C8H10IO2-. The summed E-state index contributed by atoms with van der Waals surface area (Å²) in [7, 11) is 0. The van der Waals surface area contributed by atoms with Crippen LogP contribution in [0.3, 0.4) is 0 Å². The molecule has 0 bridgehead atoms. The first-order chi connectivity index (χ1) is 4.92. The van der Waals surface area contributed by atoms with Crippen molar-refractivity contribution in [3.05, 3.63) is 9.34 Å². The van der Waals surface area contributed by atoms with E-state index >= 15 is 0 Å². The average molecular weight is 265 g/mol. The molecule has 1 aliphatic rings. The fourth-order valence-electron chi connectivity index (χ4n) is 1.24. The summed E-state index contributed by atoms with van der Waals surface area (Å²) in [6, 6.07) is 0. The molecule has 0 aliphatic heterocycles. The van der Waals surface area contributed by atoms with Crippen LogP contribution in [-0.2, 0) is 4.79 Å². The molecule has 0 spiro atoms. The largest absolute Gasteiger partial charge is 0.875 e. The standard InChI is InChI=1S/C8H11IO2/c1-8(2)3-5(10)7(9)6(11)4-8/h10H,3-4H2,1-2H3/p-1. The predicted octanol–water partition coefficient (Wildman–Crippen LogP) is 1.38. The molecule has 1 aliphatic carbocycles. The van der Waals surface area contributed by atoms with Crippen LogP contribution < -0.4 is 5.11 Å². The van der Waals surface area contributed by atoms with E-state index in [1.165, 1.54) is 0 Å². The normalized spacial score (nSPS) is 24.1. The van der Waals surface area contributed by atoms with Gasteiger partial charge in [-0.2, -0.15) is 0 Å². The van der Waals surface area contributed by atoms with Gasteiger partial charge >= 0.3 is 0 Å². The highest BCUT2D eigenvalue weighted by atomic mass is 127. The monoisotopic (exact) mass is 265 g/mol. The third-order valence-electron chi connectivity index (χ3n) is 1.77. The molecule has 2 nitrogen and oxygen atoms in total. The topological polar surface area (TPSA) is 40.1 Å². The van der Waals surface area contributed by atoms with E-state index in [1.54, 1.807) is 0 Å². The van der Waals surface area contributed by atoms with Gasteiger partial charge in [0.25, 0.3) is 0 Å². The lowest BCUT2D eigenvalue weighted by atomic mass is 9.79. The maximum absolute atomic E-state index is 11.2. The van der Waals surface area contributed by atoms with Gasteiger partial charge in [-0.1, -0.05) is 13.8 Å². The van der Waals surface area contributed by atoms with Crippen molar-refractivity contribution in [1.29, 1.82) is 0 Å². The summed E-state index contributed by atoms with van der Waals surface area (Å²) in [4.78, 5) is 11.2. The van der Waals surface area contributed by atoms with Gasteiger partial charge in [-0.15, -0.1) is 5.76 Å². The van der Waals surface area contributed by atoms with E-state index in [1.807, 2.05) is 36.4 Å². The van der Waals surface area contributed by atoms with Crippen molar-refractivity contribution >= 4 is 28.4 Å². The molecule has 0 saturated heterocycles. The predicted molar refractivity (Wildman–Crippen MR) is 49.1 cm³/mol. The number of halogens is 1. The van der Waals surface area contributed by atoms with Crippen LogP contribution in [-0.4, -0.2) is 5.78 Å². The zero-order valence-electron chi connectivity index (χ0n) is 6.61. The second-order valence-corrected chi connectivity index (χ2v) is 4.76. The Morgan fingerprint density at radius 1 is 1.45 bits per heavy atom. The molecule has 11 heavy (non-hydrogen) atoms. The van der Waals surface area contributed by atoms with Crippen LogP contribution in [0.25, 0.3) is 0 Å². The molecule has 0 heterocycles. The molecule has 0 aromatic carbocycles. The lowest BCUT2D eigenvalue weighted by molar-refractivity contribution is -0.311. The van der Waals surface area contributed by atoms with Crippen molar-refractivity contribution in [2.75, 3.05) is 0 Å². The zero-order chi connectivity index (χ0) is 8.65. The molecule has 0 atom stereocenters. The third-order valence-corrected chi connectivity index (χ3v) is 2.97. The molecule has 0 aromatic heterocycles. The zero-order valence-corrected chi connectivity index (χ0v) is 8.77. The first kappa shape index (κ1) is 9.03. The summed E-state index contributed by atoms with van der Waals surface area (Å²) in [5.74, 6) is 0.0127. The van der Waals surface area contributed by atoms with Crippen molar-refractivity contribution in [1.82, 2.24) is 0 Å². The molecule has 0 saturated carbocycles. The summed E-state index contributed by atoms with van der Waals surface area (Å²) >= 11 is 1.84. The molecule has 0 N–H and O–H groups in total. The minimum Gasteiger partial charge on any atom is -0.875 e. The number of ketones is 1. The van der Waals surface area contributed by atoms with Crippen molar-refractivity contribution in [3.63, 3.8) is 0 Å². The maximum atomic E-state index is 11.2. The quantitative estimate of drug-likeness (QED) is 0.621. The number of hydrogen-bond donors (Lipinski definition) is 0. The van der Waals surface area contributed by atoms with Gasteiger partial charge in [0.05, 0.1) is 0 Å². The van der Waals surface area contributed by atoms with E-state index in [2.05, 4.69) is 0 Å². The Balaban J connectivity index is 2.94. The van der Waals surface area contributed by atoms with Crippen LogP contribution in [0.2, 0.25) is 0 Å². The number of Topliss-reactive ketones (excluding diaryl/α,β-unsaturated/α-hetero) is 1. The first-order valence-corrected chi connectivity index (χ1v) is 4.59. The summed E-state index contributed by atoms with van der Waals surface area (Å²) < 4.78 is 0.405. The number of carbonyl (C=O) groups is 1. The van der Waals surface area contributed by atoms with Crippen molar-refractivity contribution < 1.29 is 9.90 Å². The van der Waals surface area contributed by atoms with E-state index in [4.69, 9.17) is 0 Å². The Kier molecular flexibility index (Phi) is 2.27. The molecule has 0 aromatic rings. The molecule has 0 unspecified atom stereocenters. The lowest BCUT2D eigenvalue weighted by Gasteiger charge is -2.33. The minimum atomic E-state index is -0.122. The SMILES string of the molecule is CC1(C)CC(=O)C(I)=C([O-])C1. The van der Waals surface area contributed by atoms with E-state index in [9.17, 15) is 9.90 Å². The number of carbonyl (C=O) groups excluding carboxylic acids is 1. The summed E-state index contributed by atoms with van der Waals surface area (Å²) in [6.07, 6.45) is 1.02. The fraction of sp³-hybridized carbons (Fsp3) is 0.625. The van der Waals surface area contributed by atoms with Crippen molar-refractivity contribution in [2.24, 2.45) is 5.41 Å². The van der Waals surface area contributed by atoms with Gasteiger partial charge in [0.15, 0.2) is 5.78 Å². The van der Waals surface area contributed by atoms with E-state index < -0.39 is 0 Å². The first-order valence-electron chi connectivity index (χ1n) is 3.51. The summed E-state index contributed by atoms with van der Waals surface area (Å²) in [6.45, 7) is 3.90. The average Bonchev–Trinajstić information content (AvgIpc) is 1.81. The van der Waals surface area contributed by atoms with Crippen molar-refractivity contribution in [2.45, 2.75) is 26.7 Å². The lowest BCUT2D eigenvalue weighted by Crippen LogP contribution is -2.28. The van der Waals surface area contributed by atoms with E-state index in [-0.39, 0.29) is 17.0 Å². The maximum Gasteiger partial charge on any atom is 0.168 e. The smallest absolute Gasteiger partial charge is 0.168 e. The van der Waals surface area contributed by atoms with Gasteiger partial charge in [-0.05, 0) is 34.4 Å². The van der Waals surface area contributed by atoms with Crippen LogP contribution in [0.5, 0.6) is 0 Å². The highest BCUT2D eigenvalue weighted by Crippen LogP contribution is 2.36. The van der Waals surface area contributed by atoms with Crippen LogP contribution >= 0.6 is 22.6 Å². The fourth-order valence-corrected chi connectivity index (χ4v) is 1.62. The van der Waals surface area contributed by atoms with Crippen LogP contribution in [0.4, 0.5) is 0 Å². The molecule has 0 amide bonds. The molecule has 1 rings (SSSR count). The van der Waals surface area contributed by atoms with Gasteiger partial charge in [-0.25, -0.2) is 0 Å². The summed E-state index contributed by atoms with van der Waals surface area (Å²) in [5.41, 5.74) is -0.122. The Hall–Kier alpha value is -0.0600. The number of rotatable bonds is 0. The van der Waals surface area contributed by atoms with Crippen LogP contribution in [0.1, 0.15) is 26.7 Å². The molecule has 62 valence electrons. The minimum absolute atomic E-state index is 0.00634. The molecule has 0 radical (unpaired) electrons. The highest BCUT2D eigenvalue weighted by molar-refractivity contribution is 14.1. The molecule has 3 heteroatoms. The third kappa shape index (κ3) is 1.95. The summed E-state index contributed by atoms with van der Waals surface area (Å²) in [5, 5.41) is 11.2. The van der Waals surface area contributed by atoms with Crippen LogP contribution in [0, 0.1) is 5.41 Å². The van der Waals surface area contributed by atoms with Gasteiger partial charge in [0, 0.05) is 10.0 Å². The number of hydrogen-bond acceptors (Lipinski definition) is 2.